The van der Waals surface area contributed by atoms with E-state index in [4.69, 9.17) is 23.7 Å². The molecule has 2 N–H and O–H groups in total. The van der Waals surface area contributed by atoms with Crippen molar-refractivity contribution in [2.75, 3.05) is 27.4 Å². The van der Waals surface area contributed by atoms with Gasteiger partial charge in [-0.3, -0.25) is 14.3 Å². The largest absolute Gasteiger partial charge is 0.497 e. The van der Waals surface area contributed by atoms with E-state index in [2.05, 4.69) is 0 Å². The van der Waals surface area contributed by atoms with Crippen molar-refractivity contribution in [2.24, 2.45) is 0 Å². The Morgan fingerprint density at radius 2 is 1.05 bits per heavy atom. The van der Waals surface area contributed by atoms with E-state index in [1.807, 2.05) is 138 Å². The minimum absolute atomic E-state index is 0.552. The number of aromatic nitrogens is 2. The Morgan fingerprint density at radius 1 is 0.645 bits per heavy atom. The lowest BCUT2D eigenvalue weighted by atomic mass is 9.79. The van der Waals surface area contributed by atoms with Crippen molar-refractivity contribution in [1.82, 2.24) is 9.55 Å². The smallest absolute Gasteiger partial charge is 0.330 e. The van der Waals surface area contributed by atoms with E-state index in [0.717, 1.165) is 0 Å². The minimum atomic E-state index is -2.29. The number of nitrogens with zero attached hydrogens (tertiary/aromatic N) is 1. The van der Waals surface area contributed by atoms with E-state index < -0.39 is 65.6 Å². The zero-order valence-electron chi connectivity index (χ0n) is 33.9. The summed E-state index contributed by atoms with van der Waals surface area (Å²) in [7, 11) is 3.11. The molecule has 4 atom stereocenters. The summed E-state index contributed by atoms with van der Waals surface area (Å²) in [5.74, 6) is -0.185. The number of hydrogen-bond donors (Lipinski definition) is 2. The van der Waals surface area contributed by atoms with E-state index in [-0.39, 0.29) is 0 Å². The zero-order chi connectivity index (χ0) is 43.3. The number of alkyl halides is 1. The lowest BCUT2D eigenvalue weighted by Crippen LogP contribution is -2.55. The molecule has 8 rings (SSSR count). The summed E-state index contributed by atoms with van der Waals surface area (Å²) in [6.45, 7) is -1.45. The molecule has 1 aliphatic heterocycles. The highest BCUT2D eigenvalue weighted by Crippen LogP contribution is 2.50. The molecule has 12 heteroatoms. The summed E-state index contributed by atoms with van der Waals surface area (Å²) in [6.07, 6.45) is -5.38. The first-order chi connectivity index (χ1) is 30.2. The highest BCUT2D eigenvalue weighted by Gasteiger charge is 2.61. The van der Waals surface area contributed by atoms with Crippen molar-refractivity contribution in [3.05, 3.63) is 236 Å². The Kier molecular flexibility index (Phi) is 12.0. The van der Waals surface area contributed by atoms with E-state index in [9.17, 15) is 14.7 Å². The zero-order valence-corrected chi connectivity index (χ0v) is 33.9. The molecule has 0 aliphatic carbocycles. The molecular formula is C50H44F2N2O8. The molecular weight excluding hydrogens is 795 g/mol. The molecule has 6 aromatic carbocycles. The Hall–Kier alpha value is -6.70. The molecule has 0 amide bonds. The number of rotatable bonds is 15. The third-order valence-corrected chi connectivity index (χ3v) is 11.5. The predicted molar refractivity (Wildman–Crippen MR) is 228 cm³/mol. The van der Waals surface area contributed by atoms with Crippen molar-refractivity contribution >= 4 is 0 Å². The normalized spacial score (nSPS) is 19.0. The standard InChI is InChI=1S/C50H44F2N2O8/c1-58-40-27-23-38(24-28-40)49(34-15-7-3-8-16-34,35-17-9-4-10-18-35)60-33-48(32-55)44(43(52)46(62-48)54-31-42(51)45(56)53-47(54)57)61-50(36-19-11-5-12-20-36,37-21-13-6-14-22-37)39-25-29-41(59-2)30-26-39/h3-31,43-44,46,55H,32-33H2,1-2H3,(H,53,56,57)/t43-,44-,46+,48-/m0/s1. The molecule has 1 aromatic heterocycles. The van der Waals surface area contributed by atoms with Crippen molar-refractivity contribution in [3.63, 3.8) is 0 Å². The summed E-state index contributed by atoms with van der Waals surface area (Å²) < 4.78 is 65.9. The van der Waals surface area contributed by atoms with Gasteiger partial charge in [0.15, 0.2) is 12.4 Å². The lowest BCUT2D eigenvalue weighted by molar-refractivity contribution is -0.201. The summed E-state index contributed by atoms with van der Waals surface area (Å²) in [4.78, 5) is 27.5. The topological polar surface area (TPSA) is 121 Å². The fourth-order valence-electron chi connectivity index (χ4n) is 8.35. The number of hydrogen-bond acceptors (Lipinski definition) is 8. The van der Waals surface area contributed by atoms with Gasteiger partial charge in [-0.05, 0) is 57.6 Å². The molecule has 10 nitrogen and oxygen atoms in total. The monoisotopic (exact) mass is 838 g/mol. The third-order valence-electron chi connectivity index (χ3n) is 11.5. The lowest BCUT2D eigenvalue weighted by Gasteiger charge is -2.44. The third kappa shape index (κ3) is 7.51. The second kappa shape index (κ2) is 17.7. The number of H-pyrrole nitrogens is 1. The first kappa shape index (κ1) is 42.0. The summed E-state index contributed by atoms with van der Waals surface area (Å²) in [6, 6.07) is 51.6. The van der Waals surface area contributed by atoms with Crippen LogP contribution in [0.15, 0.2) is 186 Å². The van der Waals surface area contributed by atoms with Crippen LogP contribution in [0.2, 0.25) is 0 Å². The maximum atomic E-state index is 18.1. The van der Waals surface area contributed by atoms with Gasteiger partial charge >= 0.3 is 5.69 Å². The number of aliphatic hydroxyl groups is 1. The predicted octanol–water partition coefficient (Wildman–Crippen LogP) is 7.68. The van der Waals surface area contributed by atoms with Crippen molar-refractivity contribution in [3.8, 4) is 11.5 Å². The van der Waals surface area contributed by atoms with Gasteiger partial charge in [0.1, 0.15) is 34.4 Å². The molecule has 0 spiro atoms. The number of aromatic amines is 1. The highest BCUT2D eigenvalue weighted by molar-refractivity contribution is 5.50. The summed E-state index contributed by atoms with van der Waals surface area (Å²) >= 11 is 0. The first-order valence-electron chi connectivity index (χ1n) is 20.0. The highest BCUT2D eigenvalue weighted by atomic mass is 19.1. The molecule has 0 radical (unpaired) electrons. The first-order valence-corrected chi connectivity index (χ1v) is 20.0. The van der Waals surface area contributed by atoms with Crippen LogP contribution in [0.25, 0.3) is 0 Å². The average Bonchev–Trinajstić information content (AvgIpc) is 3.60. The Balaban J connectivity index is 1.36. The Morgan fingerprint density at radius 3 is 1.47 bits per heavy atom. The Labute approximate surface area is 356 Å². The molecule has 0 saturated carbocycles. The van der Waals surface area contributed by atoms with Gasteiger partial charge in [-0.15, -0.1) is 0 Å². The number of ether oxygens (including phenoxy) is 5. The van der Waals surface area contributed by atoms with Gasteiger partial charge in [0.25, 0.3) is 5.56 Å². The molecule has 1 aliphatic rings. The molecule has 62 heavy (non-hydrogen) atoms. The van der Waals surface area contributed by atoms with Crippen LogP contribution in [-0.4, -0.2) is 60.0 Å². The summed E-state index contributed by atoms with van der Waals surface area (Å²) in [5, 5.41) is 11.8. The van der Waals surface area contributed by atoms with Crippen LogP contribution < -0.4 is 20.7 Å². The SMILES string of the molecule is COc1ccc(C(OC[C@]2(CO)O[C@@H](n3cc(F)c(=O)[nH]c3=O)[C@@H](F)[C@@H]2OC(c2ccccc2)(c2ccccc2)c2ccc(OC)cc2)(c2ccccc2)c2ccccc2)cc1. The molecule has 1 saturated heterocycles. The van der Waals surface area contributed by atoms with E-state index in [0.29, 0.717) is 55.6 Å². The molecule has 7 aromatic rings. The molecule has 2 heterocycles. The van der Waals surface area contributed by atoms with Crippen LogP contribution in [0.4, 0.5) is 8.78 Å². The number of methoxy groups -OCH3 is 2. The van der Waals surface area contributed by atoms with Crippen LogP contribution in [-0.2, 0) is 25.4 Å². The number of aliphatic hydroxyl groups excluding tert-OH is 1. The second-order valence-electron chi connectivity index (χ2n) is 14.9. The van der Waals surface area contributed by atoms with Gasteiger partial charge in [0.05, 0.1) is 33.6 Å². The van der Waals surface area contributed by atoms with Gasteiger partial charge in [-0.25, -0.2) is 9.18 Å². The van der Waals surface area contributed by atoms with Gasteiger partial charge in [0, 0.05) is 0 Å². The van der Waals surface area contributed by atoms with Crippen LogP contribution in [0.3, 0.4) is 0 Å². The Bertz CT molecular complexity index is 2600. The van der Waals surface area contributed by atoms with E-state index in [1.54, 1.807) is 50.6 Å². The average molecular weight is 839 g/mol. The number of benzene rings is 6. The van der Waals surface area contributed by atoms with E-state index >= 15 is 8.78 Å². The van der Waals surface area contributed by atoms with Gasteiger partial charge < -0.3 is 28.8 Å². The van der Waals surface area contributed by atoms with Gasteiger partial charge in [-0.2, -0.15) is 4.39 Å². The minimum Gasteiger partial charge on any atom is -0.497 e. The van der Waals surface area contributed by atoms with Crippen LogP contribution >= 0.6 is 0 Å². The molecule has 316 valence electrons. The fraction of sp³-hybridized carbons (Fsp3) is 0.200. The maximum absolute atomic E-state index is 18.1. The van der Waals surface area contributed by atoms with Crippen LogP contribution in [0, 0.1) is 5.82 Å². The van der Waals surface area contributed by atoms with Gasteiger partial charge in [0.2, 0.25) is 5.82 Å². The van der Waals surface area contributed by atoms with Crippen molar-refractivity contribution < 1.29 is 37.6 Å². The fourth-order valence-corrected chi connectivity index (χ4v) is 8.35. The molecule has 0 bridgehead atoms. The van der Waals surface area contributed by atoms with Crippen LogP contribution in [0.1, 0.15) is 39.6 Å². The van der Waals surface area contributed by atoms with Crippen LogP contribution in [0.5, 0.6) is 11.5 Å². The maximum Gasteiger partial charge on any atom is 0.330 e. The second-order valence-corrected chi connectivity index (χ2v) is 14.9. The van der Waals surface area contributed by atoms with E-state index in [1.165, 1.54) is 0 Å². The molecule has 1 fully saturated rings. The van der Waals surface area contributed by atoms with Gasteiger partial charge in [-0.1, -0.05) is 146 Å². The molecule has 0 unspecified atom stereocenters. The van der Waals surface area contributed by atoms with Crippen molar-refractivity contribution in [1.29, 1.82) is 0 Å². The number of halogens is 2. The van der Waals surface area contributed by atoms with Crippen molar-refractivity contribution in [2.45, 2.75) is 35.3 Å². The number of nitrogens with one attached hydrogen (secondary N) is 1. The summed E-state index contributed by atoms with van der Waals surface area (Å²) in [5.41, 5.74) is -3.81. The quantitative estimate of drug-likeness (QED) is 0.101.